The van der Waals surface area contributed by atoms with Crippen LogP contribution in [0.3, 0.4) is 0 Å². The minimum Gasteiger partial charge on any atom is -0.377 e. The van der Waals surface area contributed by atoms with Crippen LogP contribution in [0.4, 0.5) is 43.4 Å². The van der Waals surface area contributed by atoms with Crippen molar-refractivity contribution >= 4 is 69.6 Å². The zero-order chi connectivity index (χ0) is 43.7. The molecule has 4 heterocycles. The van der Waals surface area contributed by atoms with Gasteiger partial charge in [0.15, 0.2) is 10.8 Å². The molecule has 1 aromatic carbocycles. The van der Waals surface area contributed by atoms with E-state index in [2.05, 4.69) is 20.9 Å². The van der Waals surface area contributed by atoms with E-state index in [9.17, 15) is 45.5 Å². The molecule has 14 nitrogen and oxygen atoms in total. The molecule has 0 bridgehead atoms. The van der Waals surface area contributed by atoms with Crippen molar-refractivity contribution in [1.29, 1.82) is 5.26 Å². The zero-order valence-electron chi connectivity index (χ0n) is 32.5. The normalized spacial score (nSPS) is 24.3. The molecule has 4 amide bonds. The van der Waals surface area contributed by atoms with E-state index in [0.29, 0.717) is 37.4 Å². The standard InChI is InChI=1S/C38H42ClF6N9O5S/c1-36(2)34(58)53(25-16-27(37(40,41)42)29(17-46)47-18-25)35(60)54(36)24-3-5-26(6-4-24)59-12-11-51-9-10-52(30(19-51)38(43,44)45)20-32(56)49-23-14-21(39)13-22(15-23)48-28-7-8-31(55)50-33(28)57/h13-16,18,24,26,28,30,48H,3-12,19-20H2,1-2H3,(H,49,56)(H,50,55,57)/t24-,26-,28?,30?. The van der Waals surface area contributed by atoms with Crippen LogP contribution in [-0.4, -0.2) is 124 Å². The maximum absolute atomic E-state index is 14.3. The Morgan fingerprint density at radius 2 is 1.75 bits per heavy atom. The van der Waals surface area contributed by atoms with E-state index in [0.717, 1.165) is 16.0 Å². The van der Waals surface area contributed by atoms with Gasteiger partial charge in [-0.1, -0.05) is 11.6 Å². The second kappa shape index (κ2) is 17.8. The van der Waals surface area contributed by atoms with Gasteiger partial charge in [-0.2, -0.15) is 31.6 Å². The number of carbonyl (C=O) groups excluding carboxylic acids is 4. The van der Waals surface area contributed by atoms with Gasteiger partial charge in [0, 0.05) is 55.0 Å². The number of imide groups is 1. The van der Waals surface area contributed by atoms with Crippen LogP contribution < -0.4 is 20.9 Å². The van der Waals surface area contributed by atoms with Gasteiger partial charge in [0.25, 0.3) is 5.91 Å². The summed E-state index contributed by atoms with van der Waals surface area (Å²) in [6, 6.07) is 3.65. The number of nitrogens with one attached hydrogen (secondary N) is 3. The molecule has 2 aromatic rings. The predicted molar refractivity (Wildman–Crippen MR) is 210 cm³/mol. The monoisotopic (exact) mass is 885 g/mol. The summed E-state index contributed by atoms with van der Waals surface area (Å²) in [5.41, 5.74) is -2.92. The van der Waals surface area contributed by atoms with Crippen LogP contribution >= 0.6 is 23.8 Å². The SMILES string of the molecule is CC1(C)C(=O)N(c2cnc(C#N)c(C(F)(F)F)c2)C(=S)N1[C@H]1CC[C@H](OCCN2CCN(CC(=O)Nc3cc(Cl)cc(NC4CCC(=O)NC4=O)c3)C(C(F)(F)F)C2)CC1. The Labute approximate surface area is 351 Å². The lowest BCUT2D eigenvalue weighted by Crippen LogP contribution is -2.60. The van der Waals surface area contributed by atoms with Gasteiger partial charge in [0.05, 0.1) is 36.7 Å². The van der Waals surface area contributed by atoms with Crippen molar-refractivity contribution in [2.75, 3.05) is 54.9 Å². The van der Waals surface area contributed by atoms with Gasteiger partial charge in [0.1, 0.15) is 23.7 Å². The fourth-order valence-corrected chi connectivity index (χ4v) is 8.89. The van der Waals surface area contributed by atoms with Gasteiger partial charge in [-0.05, 0) is 82.4 Å². The molecule has 3 saturated heterocycles. The summed E-state index contributed by atoms with van der Waals surface area (Å²) < 4.78 is 90.1. The lowest BCUT2D eigenvalue weighted by molar-refractivity contribution is -0.197. The fourth-order valence-electron chi connectivity index (χ4n) is 8.09. The van der Waals surface area contributed by atoms with Crippen molar-refractivity contribution in [3.05, 3.63) is 46.7 Å². The molecule has 324 valence electrons. The number of hydrogen-bond acceptors (Lipinski definition) is 11. The lowest BCUT2D eigenvalue weighted by atomic mass is 9.89. The van der Waals surface area contributed by atoms with E-state index in [-0.39, 0.29) is 85.2 Å². The zero-order valence-corrected chi connectivity index (χ0v) is 34.0. The van der Waals surface area contributed by atoms with E-state index in [1.807, 2.05) is 0 Å². The first kappa shape index (κ1) is 44.9. The molecule has 1 saturated carbocycles. The third-order valence-electron chi connectivity index (χ3n) is 11.1. The number of aromatic nitrogens is 1. The fraction of sp³-hybridized carbons (Fsp3) is 0.553. The number of rotatable bonds is 11. The Morgan fingerprint density at radius 1 is 1.05 bits per heavy atom. The van der Waals surface area contributed by atoms with Gasteiger partial charge < -0.3 is 20.3 Å². The van der Waals surface area contributed by atoms with Crippen LogP contribution in [0.25, 0.3) is 0 Å². The summed E-state index contributed by atoms with van der Waals surface area (Å²) in [7, 11) is 0. The summed E-state index contributed by atoms with van der Waals surface area (Å²) in [4.78, 5) is 59.3. The highest BCUT2D eigenvalue weighted by atomic mass is 35.5. The molecule has 4 fully saturated rings. The second-order valence-corrected chi connectivity index (χ2v) is 16.4. The lowest BCUT2D eigenvalue weighted by Gasteiger charge is -2.42. The van der Waals surface area contributed by atoms with Crippen LogP contribution in [0.5, 0.6) is 0 Å². The number of piperidine rings is 1. The number of carbonyl (C=O) groups is 4. The Hall–Kier alpha value is -4.62. The van der Waals surface area contributed by atoms with Crippen LogP contribution in [-0.2, 0) is 30.1 Å². The molecule has 0 spiro atoms. The minimum atomic E-state index is -4.88. The molecular weight excluding hydrogens is 844 g/mol. The van der Waals surface area contributed by atoms with E-state index in [1.54, 1.807) is 23.6 Å². The molecule has 4 aliphatic rings. The number of anilines is 3. The molecule has 6 rings (SSSR count). The first-order valence-corrected chi connectivity index (χ1v) is 19.9. The highest BCUT2D eigenvalue weighted by Gasteiger charge is 2.53. The molecule has 0 radical (unpaired) electrons. The van der Waals surface area contributed by atoms with Crippen molar-refractivity contribution in [2.24, 2.45) is 0 Å². The molecule has 1 aromatic heterocycles. The highest BCUT2D eigenvalue weighted by molar-refractivity contribution is 7.80. The highest BCUT2D eigenvalue weighted by Crippen LogP contribution is 2.40. The summed E-state index contributed by atoms with van der Waals surface area (Å²) in [5, 5.41) is 17.1. The number of alkyl halides is 6. The number of halogens is 7. The Bertz CT molecular complexity index is 2060. The summed E-state index contributed by atoms with van der Waals surface area (Å²) in [5.74, 6) is -2.13. The number of benzene rings is 1. The van der Waals surface area contributed by atoms with Crippen molar-refractivity contribution in [3.8, 4) is 6.07 Å². The second-order valence-electron chi connectivity index (χ2n) is 15.6. The summed E-state index contributed by atoms with van der Waals surface area (Å²) >= 11 is 11.9. The minimum absolute atomic E-state index is 0.0165. The number of nitrogens with zero attached hydrogens (tertiary/aromatic N) is 6. The van der Waals surface area contributed by atoms with Gasteiger partial charge in [-0.15, -0.1) is 0 Å². The Morgan fingerprint density at radius 3 is 2.40 bits per heavy atom. The average Bonchev–Trinajstić information content (AvgIpc) is 3.34. The maximum Gasteiger partial charge on any atom is 0.419 e. The van der Waals surface area contributed by atoms with Crippen LogP contribution in [0, 0.1) is 11.3 Å². The van der Waals surface area contributed by atoms with Gasteiger partial charge in [-0.25, -0.2) is 4.98 Å². The average molecular weight is 886 g/mol. The summed E-state index contributed by atoms with van der Waals surface area (Å²) in [6.07, 6.45) is -6.20. The van der Waals surface area contributed by atoms with Gasteiger partial charge in [-0.3, -0.25) is 39.2 Å². The van der Waals surface area contributed by atoms with Crippen LogP contribution in [0.1, 0.15) is 63.6 Å². The number of ether oxygens (including phenoxy) is 1. The van der Waals surface area contributed by atoms with Crippen molar-refractivity contribution < 1.29 is 50.3 Å². The van der Waals surface area contributed by atoms with E-state index < -0.39 is 65.5 Å². The largest absolute Gasteiger partial charge is 0.419 e. The maximum atomic E-state index is 14.3. The Kier molecular flexibility index (Phi) is 13.3. The van der Waals surface area contributed by atoms with E-state index in [4.69, 9.17) is 33.8 Å². The number of thiocarbonyl (C=S) groups is 1. The van der Waals surface area contributed by atoms with Crippen molar-refractivity contribution in [2.45, 2.75) is 94.5 Å². The predicted octanol–water partition coefficient (Wildman–Crippen LogP) is 5.07. The van der Waals surface area contributed by atoms with E-state index >= 15 is 0 Å². The van der Waals surface area contributed by atoms with Crippen molar-refractivity contribution in [1.82, 2.24) is 25.0 Å². The Balaban J connectivity index is 0.980. The molecule has 60 heavy (non-hydrogen) atoms. The van der Waals surface area contributed by atoms with Crippen LogP contribution in [0.15, 0.2) is 30.5 Å². The number of nitriles is 1. The molecular formula is C38H42ClF6N9O5S. The first-order chi connectivity index (χ1) is 28.1. The number of amides is 4. The summed E-state index contributed by atoms with van der Waals surface area (Å²) in [6.45, 7) is 2.91. The first-order valence-electron chi connectivity index (χ1n) is 19.2. The molecule has 1 aliphatic carbocycles. The van der Waals surface area contributed by atoms with Crippen molar-refractivity contribution in [3.63, 3.8) is 0 Å². The molecule has 2 atom stereocenters. The smallest absolute Gasteiger partial charge is 0.377 e. The molecule has 22 heteroatoms. The quantitative estimate of drug-likeness (QED) is 0.156. The third-order valence-corrected chi connectivity index (χ3v) is 11.7. The number of piperazine rings is 1. The van der Waals surface area contributed by atoms with E-state index in [1.165, 1.54) is 24.3 Å². The van der Waals surface area contributed by atoms with Crippen LogP contribution in [0.2, 0.25) is 5.02 Å². The van der Waals surface area contributed by atoms with Gasteiger partial charge in [0.2, 0.25) is 17.7 Å². The number of hydrogen-bond donors (Lipinski definition) is 3. The third kappa shape index (κ3) is 10.1. The molecule has 2 unspecified atom stereocenters. The topological polar surface area (TPSA) is 163 Å². The van der Waals surface area contributed by atoms with Gasteiger partial charge >= 0.3 is 12.4 Å². The number of pyridine rings is 1. The molecule has 3 N–H and O–H groups in total. The molecule has 3 aliphatic heterocycles.